The number of aromatic nitrogens is 5. The monoisotopic (exact) mass is 563 g/mol. The Kier molecular flexibility index (Phi) is 5.59. The minimum absolute atomic E-state index is 0.201. The molecule has 9 nitrogen and oxygen atoms in total. The van der Waals surface area contributed by atoms with E-state index in [2.05, 4.69) is 41.0 Å². The van der Waals surface area contributed by atoms with Crippen LogP contribution in [0.1, 0.15) is 79.3 Å². The molecule has 2 unspecified atom stereocenters. The Morgan fingerprint density at radius 3 is 2.81 bits per heavy atom. The minimum atomic E-state index is -0.960. The maximum absolute atomic E-state index is 13.5. The summed E-state index contributed by atoms with van der Waals surface area (Å²) >= 11 is 0. The summed E-state index contributed by atoms with van der Waals surface area (Å²) in [5.41, 5.74) is 6.90. The van der Waals surface area contributed by atoms with Crippen molar-refractivity contribution in [3.05, 3.63) is 81.4 Å². The lowest BCUT2D eigenvalue weighted by Gasteiger charge is -2.40. The number of pyridine rings is 1. The molecule has 1 aromatic carbocycles. The average Bonchev–Trinajstić information content (AvgIpc) is 3.62. The standard InChI is InChI=1S/C33H37N7O2/c1-4-14-39-30(41)24-17-34-31(37-29(24)40(39)26-7-6-20-9-11-33(42,5-2)28(20)36-26)35-23-15-22-19-38(3)18-21-8-10-32(12-13-32)25(16-23)27(21)22/h4,6-7,15-17,21,42H,1,5,8-14,18-19H2,2-3H3,(H,34,35,37). The van der Waals surface area contributed by atoms with Gasteiger partial charge in [-0.1, -0.05) is 19.1 Å². The average molecular weight is 564 g/mol. The second kappa shape index (κ2) is 9.09. The highest BCUT2D eigenvalue weighted by Gasteiger charge is 2.50. The van der Waals surface area contributed by atoms with Crippen LogP contribution in [-0.4, -0.2) is 47.9 Å². The number of likely N-dealkylation sites (N-methyl/N-ethyl adjacent to an activating group) is 1. The maximum Gasteiger partial charge on any atom is 0.278 e. The molecule has 1 saturated carbocycles. The quantitative estimate of drug-likeness (QED) is 0.325. The number of aliphatic hydroxyl groups is 1. The van der Waals surface area contributed by atoms with Crippen molar-refractivity contribution in [2.24, 2.45) is 0 Å². The van der Waals surface area contributed by atoms with Crippen molar-refractivity contribution in [2.45, 2.75) is 81.9 Å². The molecule has 2 atom stereocenters. The van der Waals surface area contributed by atoms with Crippen LogP contribution < -0.4 is 10.9 Å². The first-order valence-electron chi connectivity index (χ1n) is 15.3. The topological polar surface area (TPSA) is 101 Å². The molecule has 2 N–H and O–H groups in total. The predicted octanol–water partition coefficient (Wildman–Crippen LogP) is 4.81. The highest BCUT2D eigenvalue weighted by atomic mass is 16.3. The Labute approximate surface area is 244 Å². The molecule has 0 saturated heterocycles. The van der Waals surface area contributed by atoms with Crippen LogP contribution in [0.4, 0.5) is 11.6 Å². The van der Waals surface area contributed by atoms with Crippen LogP contribution >= 0.6 is 0 Å². The van der Waals surface area contributed by atoms with Gasteiger partial charge in [-0.15, -0.1) is 6.58 Å². The van der Waals surface area contributed by atoms with Gasteiger partial charge in [0.15, 0.2) is 11.5 Å². The van der Waals surface area contributed by atoms with Crippen molar-refractivity contribution in [3.8, 4) is 5.82 Å². The summed E-state index contributed by atoms with van der Waals surface area (Å²) in [5.74, 6) is 1.60. The zero-order valence-corrected chi connectivity index (χ0v) is 24.4. The van der Waals surface area contributed by atoms with E-state index in [1.807, 2.05) is 19.1 Å². The molecule has 8 rings (SSSR count). The third-order valence-electron chi connectivity index (χ3n) is 10.3. The lowest BCUT2D eigenvalue weighted by atomic mass is 9.71. The summed E-state index contributed by atoms with van der Waals surface area (Å²) in [6.07, 6.45) is 10.4. The molecule has 216 valence electrons. The van der Waals surface area contributed by atoms with Gasteiger partial charge in [0.05, 0.1) is 12.2 Å². The molecule has 0 amide bonds. The molecule has 0 bridgehead atoms. The van der Waals surface area contributed by atoms with E-state index in [1.54, 1.807) is 27.2 Å². The number of nitrogens with one attached hydrogen (secondary N) is 1. The number of aryl methyl sites for hydroxylation is 1. The molecular weight excluding hydrogens is 526 g/mol. The van der Waals surface area contributed by atoms with Gasteiger partial charge in [0.25, 0.3) is 5.56 Å². The Balaban J connectivity index is 1.24. The van der Waals surface area contributed by atoms with Crippen LogP contribution in [0.2, 0.25) is 0 Å². The van der Waals surface area contributed by atoms with E-state index in [0.29, 0.717) is 59.2 Å². The van der Waals surface area contributed by atoms with Gasteiger partial charge in [0, 0.05) is 25.0 Å². The fraction of sp³-hybridized carbons (Fsp3) is 0.455. The van der Waals surface area contributed by atoms with Crippen LogP contribution in [0.3, 0.4) is 0 Å². The van der Waals surface area contributed by atoms with Gasteiger partial charge >= 0.3 is 0 Å². The van der Waals surface area contributed by atoms with E-state index in [0.717, 1.165) is 30.8 Å². The number of hydrogen-bond donors (Lipinski definition) is 2. The van der Waals surface area contributed by atoms with E-state index in [1.165, 1.54) is 36.8 Å². The Bertz CT molecular complexity index is 1830. The second-order valence-electron chi connectivity index (χ2n) is 12.9. The molecule has 4 aromatic rings. The summed E-state index contributed by atoms with van der Waals surface area (Å²) in [6, 6.07) is 8.52. The number of benzene rings is 1. The van der Waals surface area contributed by atoms with Gasteiger partial charge in [-0.25, -0.2) is 19.3 Å². The summed E-state index contributed by atoms with van der Waals surface area (Å²) in [7, 11) is 2.21. The highest BCUT2D eigenvalue weighted by Crippen LogP contribution is 2.59. The molecule has 0 radical (unpaired) electrons. The van der Waals surface area contributed by atoms with Crippen LogP contribution in [0.25, 0.3) is 16.9 Å². The van der Waals surface area contributed by atoms with Gasteiger partial charge in [-0.05, 0) is 104 Å². The number of nitrogens with zero attached hydrogens (tertiary/aromatic N) is 6. The van der Waals surface area contributed by atoms with Crippen molar-refractivity contribution < 1.29 is 5.11 Å². The SMILES string of the molecule is C=CCn1c(=O)c2cnc(Nc3cc4c5c(c3)C3(CCC5CN(C)C4)CC3)nc2n1-c1ccc2c(n1)C(O)(CC)CC2. The molecule has 1 aliphatic heterocycles. The van der Waals surface area contributed by atoms with Crippen molar-refractivity contribution in [1.82, 2.24) is 29.2 Å². The molecule has 1 fully saturated rings. The van der Waals surface area contributed by atoms with E-state index >= 15 is 0 Å². The molecule has 42 heavy (non-hydrogen) atoms. The fourth-order valence-corrected chi connectivity index (χ4v) is 7.89. The zero-order valence-electron chi connectivity index (χ0n) is 24.4. The van der Waals surface area contributed by atoms with Crippen molar-refractivity contribution in [3.63, 3.8) is 0 Å². The van der Waals surface area contributed by atoms with E-state index in [4.69, 9.17) is 9.97 Å². The number of anilines is 2. The van der Waals surface area contributed by atoms with E-state index < -0.39 is 5.60 Å². The molecule has 3 aliphatic carbocycles. The number of allylic oxidation sites excluding steroid dienone is 1. The summed E-state index contributed by atoms with van der Waals surface area (Å²) in [5, 5.41) is 15.1. The number of fused-ring (bicyclic) bond motifs is 3. The normalized spacial score (nSPS) is 23.6. The first-order valence-corrected chi connectivity index (χ1v) is 15.3. The van der Waals surface area contributed by atoms with Crippen molar-refractivity contribution in [1.29, 1.82) is 0 Å². The third kappa shape index (κ3) is 3.76. The Morgan fingerprint density at radius 1 is 1.17 bits per heavy atom. The smallest absolute Gasteiger partial charge is 0.278 e. The van der Waals surface area contributed by atoms with Gasteiger partial charge < -0.3 is 15.3 Å². The van der Waals surface area contributed by atoms with Crippen LogP contribution in [0, 0.1) is 0 Å². The largest absolute Gasteiger partial charge is 0.384 e. The zero-order chi connectivity index (χ0) is 28.8. The maximum atomic E-state index is 13.5. The molecule has 4 heterocycles. The lowest BCUT2D eigenvalue weighted by molar-refractivity contribution is 0.0306. The van der Waals surface area contributed by atoms with Crippen LogP contribution in [0.15, 0.2) is 47.9 Å². The summed E-state index contributed by atoms with van der Waals surface area (Å²) < 4.78 is 3.33. The lowest BCUT2D eigenvalue weighted by Crippen LogP contribution is -2.35. The predicted molar refractivity (Wildman–Crippen MR) is 163 cm³/mol. The first-order chi connectivity index (χ1) is 20.3. The molecule has 4 aliphatic rings. The van der Waals surface area contributed by atoms with Gasteiger partial charge in [0.2, 0.25) is 5.95 Å². The third-order valence-corrected chi connectivity index (χ3v) is 10.3. The summed E-state index contributed by atoms with van der Waals surface area (Å²) in [6.45, 7) is 8.22. The minimum Gasteiger partial charge on any atom is -0.384 e. The highest BCUT2D eigenvalue weighted by molar-refractivity contribution is 5.77. The Morgan fingerprint density at radius 2 is 2.02 bits per heavy atom. The van der Waals surface area contributed by atoms with Crippen LogP contribution in [0.5, 0.6) is 0 Å². The number of hydrogen-bond acceptors (Lipinski definition) is 7. The fourth-order valence-electron chi connectivity index (χ4n) is 7.89. The van der Waals surface area contributed by atoms with Crippen LogP contribution in [-0.2, 0) is 30.5 Å². The molecule has 1 spiro atoms. The molecular formula is C33H37N7O2. The number of rotatable bonds is 6. The van der Waals surface area contributed by atoms with Crippen molar-refractivity contribution in [2.75, 3.05) is 18.9 Å². The second-order valence-corrected chi connectivity index (χ2v) is 12.9. The first kappa shape index (κ1) is 25.9. The Hall–Kier alpha value is -3.82. The van der Waals surface area contributed by atoms with E-state index in [9.17, 15) is 9.90 Å². The van der Waals surface area contributed by atoms with Gasteiger partial charge in [-0.2, -0.15) is 4.98 Å². The molecule has 3 aromatic heterocycles. The van der Waals surface area contributed by atoms with Gasteiger partial charge in [-0.3, -0.25) is 4.79 Å². The molecule has 9 heteroatoms. The van der Waals surface area contributed by atoms with E-state index in [-0.39, 0.29) is 5.56 Å². The van der Waals surface area contributed by atoms with Gasteiger partial charge in [0.1, 0.15) is 11.0 Å². The van der Waals surface area contributed by atoms with Crippen molar-refractivity contribution >= 4 is 22.7 Å². The summed E-state index contributed by atoms with van der Waals surface area (Å²) in [4.78, 5) is 30.3.